The Balaban J connectivity index is 1.51. The maximum absolute atomic E-state index is 13.7. The summed E-state index contributed by atoms with van der Waals surface area (Å²) in [4.78, 5) is 35.3. The molecule has 0 saturated carbocycles. The van der Waals surface area contributed by atoms with E-state index in [1.807, 2.05) is 58.9 Å². The molecule has 3 aromatic heterocycles. The summed E-state index contributed by atoms with van der Waals surface area (Å²) in [5.74, 6) is 0.986. The van der Waals surface area contributed by atoms with Crippen LogP contribution < -0.4 is 10.5 Å². The summed E-state index contributed by atoms with van der Waals surface area (Å²) in [5, 5.41) is 5.94. The first-order valence-corrected chi connectivity index (χ1v) is 11.0. The number of hydrogen-bond acceptors (Lipinski definition) is 5. The van der Waals surface area contributed by atoms with E-state index in [9.17, 15) is 9.59 Å². The van der Waals surface area contributed by atoms with Crippen molar-refractivity contribution < 1.29 is 4.79 Å². The van der Waals surface area contributed by atoms with E-state index in [0.29, 0.717) is 25.0 Å². The Morgan fingerprint density at radius 2 is 1.78 bits per heavy atom. The van der Waals surface area contributed by atoms with Crippen LogP contribution in [-0.2, 0) is 11.8 Å². The molecule has 1 amide bonds. The average Bonchev–Trinajstić information content (AvgIpc) is 3.17. The van der Waals surface area contributed by atoms with E-state index >= 15 is 0 Å². The van der Waals surface area contributed by atoms with Crippen LogP contribution in [0.4, 0.5) is 5.82 Å². The second-order valence-electron chi connectivity index (χ2n) is 8.15. The number of nitrogens with zero attached hydrogens (tertiary/aromatic N) is 6. The van der Waals surface area contributed by atoms with Crippen molar-refractivity contribution in [2.75, 3.05) is 31.1 Å². The molecule has 164 valence electrons. The number of aromatic nitrogens is 4. The monoisotopic (exact) mass is 430 g/mol. The molecule has 1 atom stereocenters. The van der Waals surface area contributed by atoms with E-state index in [0.717, 1.165) is 35.2 Å². The maximum atomic E-state index is 13.7. The molecule has 0 aliphatic carbocycles. The summed E-state index contributed by atoms with van der Waals surface area (Å²) in [7, 11) is 1.64. The van der Waals surface area contributed by atoms with Crippen molar-refractivity contribution in [3.05, 3.63) is 65.2 Å². The first-order valence-electron chi connectivity index (χ1n) is 11.0. The van der Waals surface area contributed by atoms with Gasteiger partial charge in [0.15, 0.2) is 0 Å². The van der Waals surface area contributed by atoms with Gasteiger partial charge in [-0.3, -0.25) is 9.59 Å². The number of piperazine rings is 1. The van der Waals surface area contributed by atoms with Crippen LogP contribution in [0.2, 0.25) is 0 Å². The van der Waals surface area contributed by atoms with Crippen LogP contribution in [0.1, 0.15) is 19.4 Å². The third-order valence-electron chi connectivity index (χ3n) is 6.35. The van der Waals surface area contributed by atoms with Crippen molar-refractivity contribution in [2.45, 2.75) is 19.4 Å². The first kappa shape index (κ1) is 20.2. The SMILES string of the molecule is CC[C@@H](C(=O)N1CCN(c2ccccn2)CC1)n1c2ccccc2c2cnn(C)c(=O)c21. The molecule has 8 heteroatoms. The van der Waals surface area contributed by atoms with Gasteiger partial charge >= 0.3 is 0 Å². The molecule has 1 fully saturated rings. The third kappa shape index (κ3) is 3.23. The summed E-state index contributed by atoms with van der Waals surface area (Å²) < 4.78 is 3.27. The van der Waals surface area contributed by atoms with Crippen LogP contribution in [0.15, 0.2) is 59.7 Å². The Morgan fingerprint density at radius 3 is 2.50 bits per heavy atom. The molecule has 8 nitrogen and oxygen atoms in total. The molecule has 0 spiro atoms. The molecule has 4 aromatic rings. The molecule has 1 aliphatic heterocycles. The van der Waals surface area contributed by atoms with Gasteiger partial charge in [0, 0.05) is 50.2 Å². The molecule has 5 rings (SSSR count). The van der Waals surface area contributed by atoms with Crippen LogP contribution in [0.25, 0.3) is 21.8 Å². The van der Waals surface area contributed by atoms with Crippen molar-refractivity contribution >= 4 is 33.5 Å². The molecule has 32 heavy (non-hydrogen) atoms. The smallest absolute Gasteiger partial charge is 0.291 e. The second-order valence-corrected chi connectivity index (χ2v) is 8.15. The molecule has 0 bridgehead atoms. The van der Waals surface area contributed by atoms with E-state index in [1.54, 1.807) is 19.4 Å². The zero-order valence-corrected chi connectivity index (χ0v) is 18.3. The van der Waals surface area contributed by atoms with Gasteiger partial charge in [-0.05, 0) is 24.6 Å². The largest absolute Gasteiger partial charge is 0.353 e. The zero-order valence-electron chi connectivity index (χ0n) is 18.3. The predicted octanol–water partition coefficient (Wildman–Crippen LogP) is 2.58. The van der Waals surface area contributed by atoms with Crippen molar-refractivity contribution in [2.24, 2.45) is 7.05 Å². The van der Waals surface area contributed by atoms with Gasteiger partial charge < -0.3 is 14.4 Å². The number of rotatable bonds is 4. The summed E-state index contributed by atoms with van der Waals surface area (Å²) in [5.41, 5.74) is 1.24. The van der Waals surface area contributed by atoms with Gasteiger partial charge in [0.25, 0.3) is 5.56 Å². The zero-order chi connectivity index (χ0) is 22.2. The topological polar surface area (TPSA) is 76.3 Å². The number of aryl methyl sites for hydroxylation is 1. The lowest BCUT2D eigenvalue weighted by Gasteiger charge is -2.37. The fourth-order valence-electron chi connectivity index (χ4n) is 4.69. The number of carbonyl (C=O) groups is 1. The summed E-state index contributed by atoms with van der Waals surface area (Å²) in [6, 6.07) is 13.3. The lowest BCUT2D eigenvalue weighted by molar-refractivity contribution is -0.135. The van der Waals surface area contributed by atoms with E-state index in [4.69, 9.17) is 0 Å². The number of hydrogen-bond donors (Lipinski definition) is 0. The fraction of sp³-hybridized carbons (Fsp3) is 0.333. The van der Waals surface area contributed by atoms with E-state index in [-0.39, 0.29) is 11.5 Å². The van der Waals surface area contributed by atoms with Crippen molar-refractivity contribution in [1.82, 2.24) is 24.2 Å². The predicted molar refractivity (Wildman–Crippen MR) is 125 cm³/mol. The van der Waals surface area contributed by atoms with Gasteiger partial charge in [-0.15, -0.1) is 0 Å². The van der Waals surface area contributed by atoms with E-state index in [1.165, 1.54) is 4.68 Å². The van der Waals surface area contributed by atoms with E-state index < -0.39 is 6.04 Å². The summed E-state index contributed by atoms with van der Waals surface area (Å²) in [6.45, 7) is 4.72. The number of carbonyl (C=O) groups excluding carboxylic acids is 1. The van der Waals surface area contributed by atoms with Gasteiger partial charge in [0.2, 0.25) is 5.91 Å². The van der Waals surface area contributed by atoms with Gasteiger partial charge in [0.05, 0.1) is 11.7 Å². The Bertz CT molecular complexity index is 1340. The molecule has 1 aliphatic rings. The molecule has 1 saturated heterocycles. The molecule has 0 radical (unpaired) electrons. The van der Waals surface area contributed by atoms with Crippen LogP contribution in [-0.4, -0.2) is 56.3 Å². The van der Waals surface area contributed by atoms with E-state index in [2.05, 4.69) is 15.0 Å². The Labute approximate surface area is 185 Å². The highest BCUT2D eigenvalue weighted by molar-refractivity contribution is 6.08. The van der Waals surface area contributed by atoms with Crippen LogP contribution >= 0.6 is 0 Å². The minimum Gasteiger partial charge on any atom is -0.353 e. The standard InChI is InChI=1S/C24H26N6O2/c1-3-19(23(31)29-14-12-28(13-15-29)21-10-6-7-11-25-21)30-20-9-5-4-8-17(20)18-16-26-27(2)24(32)22(18)30/h4-11,16,19H,3,12-15H2,1-2H3/t19-/m0/s1. The third-order valence-corrected chi connectivity index (χ3v) is 6.35. The molecule has 4 heterocycles. The highest BCUT2D eigenvalue weighted by atomic mass is 16.2. The Kier molecular flexibility index (Phi) is 5.13. The molecular weight excluding hydrogens is 404 g/mol. The summed E-state index contributed by atoms with van der Waals surface area (Å²) >= 11 is 0. The number of anilines is 1. The number of benzene rings is 1. The second kappa shape index (κ2) is 8.11. The van der Waals surface area contributed by atoms with Gasteiger partial charge in [-0.1, -0.05) is 31.2 Å². The molecule has 0 N–H and O–H groups in total. The Morgan fingerprint density at radius 1 is 1.03 bits per heavy atom. The number of pyridine rings is 1. The van der Waals surface area contributed by atoms with Gasteiger partial charge in [0.1, 0.15) is 17.4 Å². The molecule has 1 aromatic carbocycles. The number of amides is 1. The molecule has 0 unspecified atom stereocenters. The van der Waals surface area contributed by atoms with Crippen LogP contribution in [0.3, 0.4) is 0 Å². The fourth-order valence-corrected chi connectivity index (χ4v) is 4.69. The van der Waals surface area contributed by atoms with Gasteiger partial charge in [-0.25, -0.2) is 9.67 Å². The highest BCUT2D eigenvalue weighted by Crippen LogP contribution is 2.31. The number of fused-ring (bicyclic) bond motifs is 3. The minimum absolute atomic E-state index is 0.0506. The first-order chi connectivity index (χ1) is 15.6. The quantitative estimate of drug-likeness (QED) is 0.497. The molecular formula is C24H26N6O2. The van der Waals surface area contributed by atoms with Crippen molar-refractivity contribution in [1.29, 1.82) is 0 Å². The van der Waals surface area contributed by atoms with Crippen molar-refractivity contribution in [3.63, 3.8) is 0 Å². The average molecular weight is 431 g/mol. The highest BCUT2D eigenvalue weighted by Gasteiger charge is 2.31. The lowest BCUT2D eigenvalue weighted by Crippen LogP contribution is -2.50. The van der Waals surface area contributed by atoms with Crippen LogP contribution in [0, 0.1) is 0 Å². The lowest BCUT2D eigenvalue weighted by atomic mass is 10.1. The van der Waals surface area contributed by atoms with Gasteiger partial charge in [-0.2, -0.15) is 5.10 Å². The maximum Gasteiger partial charge on any atom is 0.291 e. The minimum atomic E-state index is -0.450. The van der Waals surface area contributed by atoms with Crippen molar-refractivity contribution in [3.8, 4) is 0 Å². The van der Waals surface area contributed by atoms with Crippen LogP contribution in [0.5, 0.6) is 0 Å². The Hall–Kier alpha value is -3.68. The number of para-hydroxylation sites is 1. The summed E-state index contributed by atoms with van der Waals surface area (Å²) in [6.07, 6.45) is 4.11. The normalized spacial score (nSPS) is 15.4.